The van der Waals surface area contributed by atoms with Crippen LogP contribution in [0, 0.1) is 0 Å². The number of hydrogen-bond donors (Lipinski definition) is 0. The summed E-state index contributed by atoms with van der Waals surface area (Å²) in [6, 6.07) is 17.9. The minimum Gasteiger partial charge on any atom is -0.459 e. The van der Waals surface area contributed by atoms with E-state index in [1.165, 1.54) is 0 Å². The lowest BCUT2D eigenvalue weighted by Gasteiger charge is -2.15. The second kappa shape index (κ2) is 7.39. The van der Waals surface area contributed by atoms with E-state index in [1.807, 2.05) is 36.4 Å². The zero-order valence-electron chi connectivity index (χ0n) is 15.8. The summed E-state index contributed by atoms with van der Waals surface area (Å²) in [7, 11) is 0. The Kier molecular flexibility index (Phi) is 4.56. The van der Waals surface area contributed by atoms with Crippen molar-refractivity contribution in [3.8, 4) is 11.5 Å². The molecule has 0 amide bonds. The lowest BCUT2D eigenvalue weighted by molar-refractivity contribution is -0.145. The minimum absolute atomic E-state index is 0.0282. The van der Waals surface area contributed by atoms with Gasteiger partial charge in [0.15, 0.2) is 16.9 Å². The summed E-state index contributed by atoms with van der Waals surface area (Å²) in [4.78, 5) is 25.5. The number of para-hydroxylation sites is 2. The highest BCUT2D eigenvalue weighted by Crippen LogP contribution is 2.39. The first-order valence-corrected chi connectivity index (χ1v) is 9.73. The molecule has 0 saturated heterocycles. The molecule has 30 heavy (non-hydrogen) atoms. The number of carbonyl (C=O) groups excluding carboxylic acids is 1. The van der Waals surface area contributed by atoms with Crippen LogP contribution in [0.3, 0.4) is 0 Å². The van der Waals surface area contributed by atoms with Gasteiger partial charge in [0.05, 0.1) is 16.1 Å². The van der Waals surface area contributed by atoms with Crippen LogP contribution in [0.15, 0.2) is 65.5 Å². The van der Waals surface area contributed by atoms with E-state index in [0.717, 1.165) is 0 Å². The first-order chi connectivity index (χ1) is 14.6. The summed E-state index contributed by atoms with van der Waals surface area (Å²) in [6.45, 7) is 0.135. The summed E-state index contributed by atoms with van der Waals surface area (Å²) >= 11 is 6.19. The maximum absolute atomic E-state index is 12.8. The maximum atomic E-state index is 12.8. The molecular weight excluding hydrogens is 406 g/mol. The summed E-state index contributed by atoms with van der Waals surface area (Å²) in [5.41, 5.74) is 2.02. The molecule has 0 spiro atoms. The largest absolute Gasteiger partial charge is 0.459 e. The van der Waals surface area contributed by atoms with Gasteiger partial charge in [-0.1, -0.05) is 35.9 Å². The van der Waals surface area contributed by atoms with Crippen molar-refractivity contribution < 1.29 is 19.0 Å². The highest BCUT2D eigenvalue weighted by molar-refractivity contribution is 6.32. The van der Waals surface area contributed by atoms with Crippen molar-refractivity contribution in [2.45, 2.75) is 13.2 Å². The molecule has 0 N–H and O–H groups in total. The third-order valence-electron chi connectivity index (χ3n) is 5.05. The van der Waals surface area contributed by atoms with Crippen LogP contribution in [0.4, 0.5) is 0 Å². The number of hydrogen-bond acceptors (Lipinski definition) is 5. The van der Waals surface area contributed by atoms with Crippen LogP contribution in [-0.2, 0) is 22.7 Å². The van der Waals surface area contributed by atoms with Crippen LogP contribution in [0.5, 0.6) is 11.5 Å². The molecule has 0 saturated carbocycles. The van der Waals surface area contributed by atoms with Gasteiger partial charge in [0, 0.05) is 10.8 Å². The Hall–Kier alpha value is -3.51. The number of nitrogens with zero attached hydrogens (tertiary/aromatic N) is 1. The Balaban J connectivity index is 1.44. The molecule has 0 fully saturated rings. The van der Waals surface area contributed by atoms with Crippen molar-refractivity contribution in [1.29, 1.82) is 0 Å². The number of pyridine rings is 1. The number of fused-ring (bicyclic) bond motifs is 3. The topological polar surface area (TPSA) is 66.8 Å². The molecule has 7 heteroatoms. The Labute approximate surface area is 176 Å². The molecule has 1 aliphatic rings. The number of halogens is 1. The van der Waals surface area contributed by atoms with E-state index in [9.17, 15) is 9.59 Å². The van der Waals surface area contributed by atoms with Gasteiger partial charge in [0.25, 0.3) is 0 Å². The fourth-order valence-corrected chi connectivity index (χ4v) is 3.98. The number of rotatable bonds is 4. The molecule has 0 atom stereocenters. The number of aromatic nitrogens is 1. The Bertz CT molecular complexity index is 1300. The molecule has 1 aliphatic heterocycles. The van der Waals surface area contributed by atoms with Gasteiger partial charge < -0.3 is 18.8 Å². The van der Waals surface area contributed by atoms with Crippen LogP contribution < -0.4 is 14.9 Å². The molecular formula is C23H16ClNO5. The standard InChI is InChI=1S/C23H16ClNO5/c24-17-9-14(10-20-23(17)30-13-29-20)12-28-21(26)11-25-18-7-3-1-5-15(18)22(27)16-6-2-4-8-19(16)25/h1-10H,11-13H2. The van der Waals surface area contributed by atoms with Crippen LogP contribution in [0.2, 0.25) is 5.02 Å². The van der Waals surface area contributed by atoms with E-state index >= 15 is 0 Å². The fourth-order valence-electron chi connectivity index (χ4n) is 3.69. The van der Waals surface area contributed by atoms with E-state index in [-0.39, 0.29) is 25.4 Å². The van der Waals surface area contributed by atoms with Crippen LogP contribution in [0.1, 0.15) is 5.56 Å². The van der Waals surface area contributed by atoms with Gasteiger partial charge in [0.1, 0.15) is 13.2 Å². The van der Waals surface area contributed by atoms with Crippen molar-refractivity contribution in [1.82, 2.24) is 4.57 Å². The zero-order chi connectivity index (χ0) is 20.7. The monoisotopic (exact) mass is 421 g/mol. The maximum Gasteiger partial charge on any atom is 0.326 e. The number of esters is 1. The second-order valence-electron chi connectivity index (χ2n) is 6.92. The van der Waals surface area contributed by atoms with Crippen LogP contribution in [-0.4, -0.2) is 17.3 Å². The predicted octanol–water partition coefficient (Wildman–Crippen LogP) is 4.28. The van der Waals surface area contributed by atoms with Gasteiger partial charge in [-0.25, -0.2) is 0 Å². The molecule has 3 aromatic carbocycles. The van der Waals surface area contributed by atoms with Crippen molar-refractivity contribution in [2.75, 3.05) is 6.79 Å². The van der Waals surface area contributed by atoms with Crippen LogP contribution in [0.25, 0.3) is 21.8 Å². The lowest BCUT2D eigenvalue weighted by atomic mass is 10.1. The zero-order valence-corrected chi connectivity index (χ0v) is 16.5. The van der Waals surface area contributed by atoms with Gasteiger partial charge in [-0.2, -0.15) is 0 Å². The predicted molar refractivity (Wildman–Crippen MR) is 113 cm³/mol. The number of carbonyl (C=O) groups is 1. The SMILES string of the molecule is O=C(Cn1c2ccccc2c(=O)c2ccccc21)OCc1cc(Cl)c2c(c1)OCO2. The second-order valence-corrected chi connectivity index (χ2v) is 7.33. The van der Waals surface area contributed by atoms with E-state index in [0.29, 0.717) is 43.9 Å². The van der Waals surface area contributed by atoms with Crippen molar-refractivity contribution >= 4 is 39.4 Å². The number of ether oxygens (including phenoxy) is 3. The average Bonchev–Trinajstić information content (AvgIpc) is 3.25. The van der Waals surface area contributed by atoms with Crippen molar-refractivity contribution in [3.05, 3.63) is 81.5 Å². The van der Waals surface area contributed by atoms with Gasteiger partial charge in [-0.15, -0.1) is 0 Å². The Morgan fingerprint density at radius 2 is 1.67 bits per heavy atom. The summed E-state index contributed by atoms with van der Waals surface area (Å²) in [5, 5.41) is 1.53. The molecule has 4 aromatic rings. The molecule has 0 bridgehead atoms. The fraction of sp³-hybridized carbons (Fsp3) is 0.130. The molecule has 0 radical (unpaired) electrons. The molecule has 150 valence electrons. The summed E-state index contributed by atoms with van der Waals surface area (Å²) in [5.74, 6) is 0.603. The highest BCUT2D eigenvalue weighted by atomic mass is 35.5. The summed E-state index contributed by atoms with van der Waals surface area (Å²) < 4.78 is 17.9. The summed E-state index contributed by atoms with van der Waals surface area (Å²) in [6.07, 6.45) is 0. The van der Waals surface area contributed by atoms with Crippen molar-refractivity contribution in [3.63, 3.8) is 0 Å². The molecule has 6 nitrogen and oxygen atoms in total. The normalized spacial score (nSPS) is 12.4. The molecule has 5 rings (SSSR count). The Morgan fingerprint density at radius 3 is 2.37 bits per heavy atom. The van der Waals surface area contributed by atoms with E-state index < -0.39 is 5.97 Å². The van der Waals surface area contributed by atoms with Gasteiger partial charge in [-0.3, -0.25) is 9.59 Å². The minimum atomic E-state index is -0.428. The Morgan fingerprint density at radius 1 is 1.00 bits per heavy atom. The van der Waals surface area contributed by atoms with Crippen LogP contribution >= 0.6 is 11.6 Å². The van der Waals surface area contributed by atoms with Gasteiger partial charge >= 0.3 is 5.97 Å². The molecule has 1 aromatic heterocycles. The molecule has 2 heterocycles. The third-order valence-corrected chi connectivity index (χ3v) is 5.33. The van der Waals surface area contributed by atoms with Gasteiger partial charge in [-0.05, 0) is 42.0 Å². The first kappa shape index (κ1) is 18.5. The molecule has 0 unspecified atom stereocenters. The highest BCUT2D eigenvalue weighted by Gasteiger charge is 2.19. The average molecular weight is 422 g/mol. The van der Waals surface area contributed by atoms with E-state index in [4.69, 9.17) is 25.8 Å². The smallest absolute Gasteiger partial charge is 0.326 e. The number of benzene rings is 3. The lowest BCUT2D eigenvalue weighted by Crippen LogP contribution is -2.18. The third kappa shape index (κ3) is 3.15. The molecule has 0 aliphatic carbocycles. The van der Waals surface area contributed by atoms with Gasteiger partial charge in [0.2, 0.25) is 6.79 Å². The van der Waals surface area contributed by atoms with E-state index in [1.54, 1.807) is 28.8 Å². The quantitative estimate of drug-likeness (QED) is 0.363. The van der Waals surface area contributed by atoms with E-state index in [2.05, 4.69) is 0 Å². The van der Waals surface area contributed by atoms with Crippen molar-refractivity contribution in [2.24, 2.45) is 0 Å². The first-order valence-electron chi connectivity index (χ1n) is 9.36.